The van der Waals surface area contributed by atoms with E-state index in [-0.39, 0.29) is 11.8 Å². The highest BCUT2D eigenvalue weighted by Crippen LogP contribution is 2.13. The molecule has 15 heavy (non-hydrogen) atoms. The molecule has 1 aliphatic heterocycles. The lowest BCUT2D eigenvalue weighted by Crippen LogP contribution is -2.44. The third kappa shape index (κ3) is 2.87. The maximum absolute atomic E-state index is 11.8. The summed E-state index contributed by atoms with van der Waals surface area (Å²) >= 11 is 1.51. The summed E-state index contributed by atoms with van der Waals surface area (Å²) in [5, 5.41) is 1.94. The summed E-state index contributed by atoms with van der Waals surface area (Å²) in [5.41, 5.74) is 5.87. The summed E-state index contributed by atoms with van der Waals surface area (Å²) in [6.07, 6.45) is 2.20. The van der Waals surface area contributed by atoms with Crippen molar-refractivity contribution < 1.29 is 4.79 Å². The van der Waals surface area contributed by atoms with Crippen molar-refractivity contribution in [1.29, 1.82) is 0 Å². The predicted octanol–water partition coefficient (Wildman–Crippen LogP) is 1.35. The largest absolute Gasteiger partial charge is 0.327 e. The summed E-state index contributed by atoms with van der Waals surface area (Å²) in [5.74, 6) is 0.221. The van der Waals surface area contributed by atoms with Gasteiger partial charge in [-0.3, -0.25) is 9.69 Å². The number of rotatable bonds is 3. The molecule has 0 aliphatic carbocycles. The fraction of sp³-hybridized carbons (Fsp3) is 0.545. The lowest BCUT2D eigenvalue weighted by Gasteiger charge is -2.29. The van der Waals surface area contributed by atoms with E-state index in [1.165, 1.54) is 11.3 Å². The molecule has 1 aliphatic rings. The number of nitrogens with zero attached hydrogens (tertiary/aromatic N) is 1. The van der Waals surface area contributed by atoms with E-state index in [1.54, 1.807) is 0 Å². The molecule has 4 heteroatoms. The molecule has 2 N–H and O–H groups in total. The number of piperidine rings is 1. The number of carbonyl (C=O) groups is 1. The summed E-state index contributed by atoms with van der Waals surface area (Å²) < 4.78 is 0. The zero-order valence-electron chi connectivity index (χ0n) is 8.69. The zero-order chi connectivity index (χ0) is 10.7. The van der Waals surface area contributed by atoms with Gasteiger partial charge in [0.1, 0.15) is 0 Å². The predicted molar refractivity (Wildman–Crippen MR) is 62.3 cm³/mol. The number of thiophene rings is 1. The normalized spacial score (nSPS) is 22.9. The fourth-order valence-electron chi connectivity index (χ4n) is 1.95. The van der Waals surface area contributed by atoms with E-state index in [0.717, 1.165) is 30.8 Å². The van der Waals surface area contributed by atoms with E-state index >= 15 is 0 Å². The van der Waals surface area contributed by atoms with Gasteiger partial charge in [0.2, 0.25) is 0 Å². The Kier molecular flexibility index (Phi) is 3.51. The molecule has 2 rings (SSSR count). The van der Waals surface area contributed by atoms with Crippen molar-refractivity contribution in [3.05, 3.63) is 22.4 Å². The average molecular weight is 224 g/mol. The molecule has 1 fully saturated rings. The van der Waals surface area contributed by atoms with Crippen molar-refractivity contribution in [3.63, 3.8) is 0 Å². The Morgan fingerprint density at radius 3 is 3.20 bits per heavy atom. The van der Waals surface area contributed by atoms with Gasteiger partial charge < -0.3 is 5.73 Å². The Labute approximate surface area is 93.9 Å². The topological polar surface area (TPSA) is 46.3 Å². The Morgan fingerprint density at radius 1 is 1.67 bits per heavy atom. The highest BCUT2D eigenvalue weighted by molar-refractivity contribution is 7.12. The van der Waals surface area contributed by atoms with E-state index in [9.17, 15) is 4.79 Å². The van der Waals surface area contributed by atoms with Crippen LogP contribution in [0.25, 0.3) is 0 Å². The van der Waals surface area contributed by atoms with E-state index < -0.39 is 0 Å². The van der Waals surface area contributed by atoms with Crippen molar-refractivity contribution in [2.45, 2.75) is 18.9 Å². The average Bonchev–Trinajstić information content (AvgIpc) is 2.70. The van der Waals surface area contributed by atoms with E-state index in [0.29, 0.717) is 6.54 Å². The van der Waals surface area contributed by atoms with Gasteiger partial charge in [-0.05, 0) is 30.8 Å². The number of Topliss-reactive ketones (excluding diaryl/α,β-unsaturated/α-hetero) is 1. The molecule has 0 saturated carbocycles. The molecule has 0 amide bonds. The minimum atomic E-state index is 0.221. The van der Waals surface area contributed by atoms with Crippen molar-refractivity contribution >= 4 is 17.1 Å². The van der Waals surface area contributed by atoms with Crippen LogP contribution < -0.4 is 5.73 Å². The number of nitrogens with two attached hydrogens (primary N) is 1. The molecule has 1 atom stereocenters. The highest BCUT2D eigenvalue weighted by Gasteiger charge is 2.19. The maximum atomic E-state index is 11.8. The van der Waals surface area contributed by atoms with Crippen LogP contribution in [0.2, 0.25) is 0 Å². The van der Waals surface area contributed by atoms with Crippen LogP contribution in [-0.2, 0) is 0 Å². The van der Waals surface area contributed by atoms with Gasteiger partial charge in [0.05, 0.1) is 11.4 Å². The summed E-state index contributed by atoms with van der Waals surface area (Å²) in [6.45, 7) is 2.39. The Hall–Kier alpha value is -0.710. The number of carbonyl (C=O) groups excluding carboxylic acids is 1. The van der Waals surface area contributed by atoms with Gasteiger partial charge in [0.25, 0.3) is 0 Å². The van der Waals surface area contributed by atoms with Gasteiger partial charge in [0.15, 0.2) is 5.78 Å². The first-order chi connectivity index (χ1) is 7.25. The molecular weight excluding hydrogens is 208 g/mol. The molecule has 0 radical (unpaired) electrons. The molecular formula is C11H16N2OS. The highest BCUT2D eigenvalue weighted by atomic mass is 32.1. The summed E-state index contributed by atoms with van der Waals surface area (Å²) in [4.78, 5) is 14.8. The standard InChI is InChI=1S/C11H16N2OS/c12-9-3-1-5-13(7-9)8-10(14)11-4-2-6-15-11/h2,4,6,9H,1,3,5,7-8,12H2/t9-/m1/s1. The Balaban J connectivity index is 1.89. The van der Waals surface area contributed by atoms with Gasteiger partial charge >= 0.3 is 0 Å². The fourth-order valence-corrected chi connectivity index (χ4v) is 2.61. The van der Waals surface area contributed by atoms with Crippen LogP contribution in [0.3, 0.4) is 0 Å². The van der Waals surface area contributed by atoms with Crippen LogP contribution in [0.15, 0.2) is 17.5 Å². The summed E-state index contributed by atoms with van der Waals surface area (Å²) in [7, 11) is 0. The van der Waals surface area contributed by atoms with Gasteiger partial charge in [-0.25, -0.2) is 0 Å². The number of hydrogen-bond donors (Lipinski definition) is 1. The second-order valence-electron chi connectivity index (χ2n) is 4.04. The van der Waals surface area contributed by atoms with Crippen molar-refractivity contribution in [1.82, 2.24) is 4.90 Å². The van der Waals surface area contributed by atoms with Gasteiger partial charge in [-0.2, -0.15) is 0 Å². The van der Waals surface area contributed by atoms with Gasteiger partial charge in [0, 0.05) is 12.6 Å². The first-order valence-corrected chi connectivity index (χ1v) is 6.18. The van der Waals surface area contributed by atoms with Crippen LogP contribution in [0, 0.1) is 0 Å². The van der Waals surface area contributed by atoms with Crippen LogP contribution >= 0.6 is 11.3 Å². The molecule has 1 aromatic heterocycles. The van der Waals surface area contributed by atoms with Crippen molar-refractivity contribution in [2.75, 3.05) is 19.6 Å². The van der Waals surface area contributed by atoms with Crippen LogP contribution in [0.5, 0.6) is 0 Å². The maximum Gasteiger partial charge on any atom is 0.186 e. The monoisotopic (exact) mass is 224 g/mol. The molecule has 1 saturated heterocycles. The zero-order valence-corrected chi connectivity index (χ0v) is 9.50. The quantitative estimate of drug-likeness (QED) is 0.788. The number of hydrogen-bond acceptors (Lipinski definition) is 4. The molecule has 0 unspecified atom stereocenters. The second-order valence-corrected chi connectivity index (χ2v) is 4.99. The van der Waals surface area contributed by atoms with Crippen molar-refractivity contribution in [3.8, 4) is 0 Å². The minimum Gasteiger partial charge on any atom is -0.327 e. The third-order valence-corrected chi connectivity index (χ3v) is 3.62. The van der Waals surface area contributed by atoms with E-state index in [1.807, 2.05) is 17.5 Å². The molecule has 2 heterocycles. The van der Waals surface area contributed by atoms with Crippen LogP contribution in [-0.4, -0.2) is 36.4 Å². The molecule has 1 aromatic rings. The molecule has 0 spiro atoms. The van der Waals surface area contributed by atoms with Crippen LogP contribution in [0.4, 0.5) is 0 Å². The first kappa shape index (κ1) is 10.8. The van der Waals surface area contributed by atoms with Gasteiger partial charge in [-0.15, -0.1) is 11.3 Å². The Bertz CT molecular complexity index is 323. The molecule has 0 bridgehead atoms. The van der Waals surface area contributed by atoms with E-state index in [4.69, 9.17) is 5.73 Å². The lowest BCUT2D eigenvalue weighted by molar-refractivity contribution is 0.0912. The molecule has 0 aromatic carbocycles. The van der Waals surface area contributed by atoms with E-state index in [2.05, 4.69) is 4.90 Å². The van der Waals surface area contributed by atoms with Crippen molar-refractivity contribution in [2.24, 2.45) is 5.73 Å². The first-order valence-electron chi connectivity index (χ1n) is 5.30. The minimum absolute atomic E-state index is 0.221. The van der Waals surface area contributed by atoms with Crippen LogP contribution in [0.1, 0.15) is 22.5 Å². The summed E-state index contributed by atoms with van der Waals surface area (Å²) in [6, 6.07) is 4.05. The third-order valence-electron chi connectivity index (χ3n) is 2.71. The molecule has 82 valence electrons. The Morgan fingerprint density at radius 2 is 2.53 bits per heavy atom. The number of likely N-dealkylation sites (tertiary alicyclic amines) is 1. The second kappa shape index (κ2) is 4.88. The number of ketones is 1. The van der Waals surface area contributed by atoms with Gasteiger partial charge in [-0.1, -0.05) is 6.07 Å². The lowest BCUT2D eigenvalue weighted by atomic mass is 10.1. The SMILES string of the molecule is N[C@@H]1CCCN(CC(=O)c2cccs2)C1. The molecule has 3 nitrogen and oxygen atoms in total. The smallest absolute Gasteiger partial charge is 0.186 e.